The molecule has 0 unspecified atom stereocenters. The number of pyridine rings is 1. The summed E-state index contributed by atoms with van der Waals surface area (Å²) in [5.74, 6) is 1.64. The Hall–Kier alpha value is -2.97. The van der Waals surface area contributed by atoms with E-state index in [9.17, 15) is 4.79 Å². The highest BCUT2D eigenvalue weighted by molar-refractivity contribution is 9.10. The smallest absolute Gasteiger partial charge is 0.196 e. The van der Waals surface area contributed by atoms with Crippen molar-refractivity contribution in [1.82, 2.24) is 19.7 Å². The molecule has 0 aliphatic carbocycles. The summed E-state index contributed by atoms with van der Waals surface area (Å²) in [6, 6.07) is 18.7. The quantitative estimate of drug-likeness (QED) is 0.271. The van der Waals surface area contributed by atoms with Crippen LogP contribution in [0.1, 0.15) is 10.4 Å². The first-order valence-electron chi connectivity index (χ1n) is 9.07. The molecule has 2 aromatic carbocycles. The number of aromatic nitrogens is 4. The summed E-state index contributed by atoms with van der Waals surface area (Å²) in [4.78, 5) is 16.8. The van der Waals surface area contributed by atoms with Gasteiger partial charge < -0.3 is 4.74 Å². The number of rotatable bonds is 7. The number of Topliss-reactive ketones (excluding diaryl/α,β-unsaturated/α-hetero) is 1. The van der Waals surface area contributed by atoms with Crippen molar-refractivity contribution in [2.75, 3.05) is 12.9 Å². The van der Waals surface area contributed by atoms with Crippen molar-refractivity contribution < 1.29 is 9.53 Å². The standard InChI is InChI=1S/C22H17BrN4O2S/c1-29-19-10-4-15(5-11-19)20(28)14-30-22-26-25-21(16-3-2-12-24-13-16)27(22)18-8-6-17(23)7-9-18/h2-13H,14H2,1H3. The molecule has 0 aliphatic rings. The number of thioether (sulfide) groups is 1. The number of ether oxygens (including phenoxy) is 1. The highest BCUT2D eigenvalue weighted by Crippen LogP contribution is 2.29. The van der Waals surface area contributed by atoms with Crippen LogP contribution in [0.4, 0.5) is 0 Å². The van der Waals surface area contributed by atoms with Gasteiger partial charge in [0.1, 0.15) is 5.75 Å². The van der Waals surface area contributed by atoms with E-state index in [2.05, 4.69) is 31.1 Å². The Kier molecular flexibility index (Phi) is 6.25. The summed E-state index contributed by atoms with van der Waals surface area (Å²) >= 11 is 4.82. The predicted molar refractivity (Wildman–Crippen MR) is 120 cm³/mol. The Labute approximate surface area is 186 Å². The normalized spacial score (nSPS) is 10.7. The summed E-state index contributed by atoms with van der Waals surface area (Å²) in [5, 5.41) is 9.36. The fourth-order valence-electron chi connectivity index (χ4n) is 2.86. The maximum Gasteiger partial charge on any atom is 0.196 e. The second-order valence-corrected chi connectivity index (χ2v) is 8.16. The van der Waals surface area contributed by atoms with Gasteiger partial charge in [0.25, 0.3) is 0 Å². The average Bonchev–Trinajstić information content (AvgIpc) is 3.22. The highest BCUT2D eigenvalue weighted by Gasteiger charge is 2.18. The molecule has 0 amide bonds. The van der Waals surface area contributed by atoms with Crippen molar-refractivity contribution in [1.29, 1.82) is 0 Å². The molecule has 2 aromatic heterocycles. The fourth-order valence-corrected chi connectivity index (χ4v) is 3.97. The molecule has 0 radical (unpaired) electrons. The summed E-state index contributed by atoms with van der Waals surface area (Å²) in [6.07, 6.45) is 3.46. The molecular formula is C22H17BrN4O2S. The zero-order chi connectivity index (χ0) is 20.9. The van der Waals surface area contributed by atoms with Gasteiger partial charge in [0.2, 0.25) is 0 Å². The van der Waals surface area contributed by atoms with E-state index in [4.69, 9.17) is 4.74 Å². The van der Waals surface area contributed by atoms with E-state index in [1.807, 2.05) is 41.0 Å². The van der Waals surface area contributed by atoms with Gasteiger partial charge in [-0.1, -0.05) is 27.7 Å². The van der Waals surface area contributed by atoms with Crippen LogP contribution in [-0.4, -0.2) is 38.4 Å². The molecule has 0 N–H and O–H groups in total. The molecule has 0 bridgehead atoms. The Bertz CT molecular complexity index is 1150. The minimum Gasteiger partial charge on any atom is -0.497 e. The third kappa shape index (κ3) is 4.44. The molecule has 150 valence electrons. The molecule has 0 spiro atoms. The van der Waals surface area contributed by atoms with Gasteiger partial charge >= 0.3 is 0 Å². The molecule has 0 saturated heterocycles. The number of ketones is 1. The van der Waals surface area contributed by atoms with E-state index in [1.54, 1.807) is 43.8 Å². The van der Waals surface area contributed by atoms with Gasteiger partial charge in [-0.2, -0.15) is 0 Å². The molecule has 0 saturated carbocycles. The van der Waals surface area contributed by atoms with Crippen LogP contribution < -0.4 is 4.74 Å². The van der Waals surface area contributed by atoms with E-state index in [0.717, 1.165) is 21.5 Å². The van der Waals surface area contributed by atoms with Crippen LogP contribution in [0.15, 0.2) is 82.7 Å². The van der Waals surface area contributed by atoms with Crippen LogP contribution in [0.3, 0.4) is 0 Å². The molecule has 8 heteroatoms. The van der Waals surface area contributed by atoms with Crippen molar-refractivity contribution in [3.63, 3.8) is 0 Å². The minimum atomic E-state index is 0.0101. The van der Waals surface area contributed by atoms with Crippen molar-refractivity contribution in [2.45, 2.75) is 5.16 Å². The maximum absolute atomic E-state index is 12.7. The Morgan fingerprint density at radius 3 is 2.50 bits per heavy atom. The number of benzene rings is 2. The number of methoxy groups -OCH3 is 1. The Morgan fingerprint density at radius 1 is 1.07 bits per heavy atom. The topological polar surface area (TPSA) is 69.9 Å². The van der Waals surface area contributed by atoms with Crippen molar-refractivity contribution in [3.8, 4) is 22.8 Å². The lowest BCUT2D eigenvalue weighted by Crippen LogP contribution is -2.05. The summed E-state index contributed by atoms with van der Waals surface area (Å²) in [6.45, 7) is 0. The van der Waals surface area contributed by atoms with Crippen LogP contribution >= 0.6 is 27.7 Å². The number of carbonyl (C=O) groups excluding carboxylic acids is 1. The highest BCUT2D eigenvalue weighted by atomic mass is 79.9. The van der Waals surface area contributed by atoms with Crippen LogP contribution in [0, 0.1) is 0 Å². The van der Waals surface area contributed by atoms with E-state index in [-0.39, 0.29) is 11.5 Å². The molecule has 6 nitrogen and oxygen atoms in total. The maximum atomic E-state index is 12.7. The number of nitrogens with zero attached hydrogens (tertiary/aromatic N) is 4. The zero-order valence-corrected chi connectivity index (χ0v) is 18.4. The van der Waals surface area contributed by atoms with E-state index in [1.165, 1.54) is 11.8 Å². The summed E-state index contributed by atoms with van der Waals surface area (Å²) in [7, 11) is 1.60. The van der Waals surface area contributed by atoms with Crippen LogP contribution in [0.2, 0.25) is 0 Å². The number of carbonyl (C=O) groups is 1. The molecule has 4 rings (SSSR count). The largest absolute Gasteiger partial charge is 0.497 e. The van der Waals surface area contributed by atoms with Crippen molar-refractivity contribution in [2.24, 2.45) is 0 Å². The lowest BCUT2D eigenvalue weighted by Gasteiger charge is -2.10. The van der Waals surface area contributed by atoms with E-state index >= 15 is 0 Å². The number of halogens is 1. The van der Waals surface area contributed by atoms with Crippen molar-refractivity contribution >= 4 is 33.5 Å². The Balaban J connectivity index is 1.63. The third-order valence-electron chi connectivity index (χ3n) is 4.38. The second-order valence-electron chi connectivity index (χ2n) is 6.30. The molecule has 2 heterocycles. The van der Waals surface area contributed by atoms with Gasteiger partial charge in [-0.3, -0.25) is 14.3 Å². The summed E-state index contributed by atoms with van der Waals surface area (Å²) in [5.41, 5.74) is 2.38. The van der Waals surface area contributed by atoms with Crippen LogP contribution in [0.25, 0.3) is 17.1 Å². The monoisotopic (exact) mass is 480 g/mol. The molecule has 0 fully saturated rings. The van der Waals surface area contributed by atoms with Gasteiger partial charge in [-0.05, 0) is 60.7 Å². The zero-order valence-electron chi connectivity index (χ0n) is 16.0. The first-order chi connectivity index (χ1) is 14.7. The Morgan fingerprint density at radius 2 is 1.83 bits per heavy atom. The summed E-state index contributed by atoms with van der Waals surface area (Å²) < 4.78 is 8.07. The van der Waals surface area contributed by atoms with Gasteiger partial charge in [-0.25, -0.2) is 0 Å². The van der Waals surface area contributed by atoms with Crippen LogP contribution in [0.5, 0.6) is 5.75 Å². The van der Waals surface area contributed by atoms with Gasteiger partial charge in [0, 0.05) is 33.7 Å². The van der Waals surface area contributed by atoms with Gasteiger partial charge in [-0.15, -0.1) is 10.2 Å². The molecule has 0 aliphatic heterocycles. The number of hydrogen-bond donors (Lipinski definition) is 0. The SMILES string of the molecule is COc1ccc(C(=O)CSc2nnc(-c3cccnc3)n2-c2ccc(Br)cc2)cc1. The second kappa shape index (κ2) is 9.23. The third-order valence-corrected chi connectivity index (χ3v) is 5.84. The lowest BCUT2D eigenvalue weighted by molar-refractivity contribution is 0.102. The van der Waals surface area contributed by atoms with Crippen molar-refractivity contribution in [3.05, 3.63) is 83.1 Å². The fraction of sp³-hybridized carbons (Fsp3) is 0.0909. The first kappa shape index (κ1) is 20.3. The van der Waals surface area contributed by atoms with E-state index in [0.29, 0.717) is 16.5 Å². The first-order valence-corrected chi connectivity index (χ1v) is 10.9. The van der Waals surface area contributed by atoms with Crippen LogP contribution in [-0.2, 0) is 0 Å². The molecule has 4 aromatic rings. The minimum absolute atomic E-state index is 0.0101. The predicted octanol–water partition coefficient (Wildman–Crippen LogP) is 5.08. The molecule has 30 heavy (non-hydrogen) atoms. The van der Waals surface area contributed by atoms with E-state index < -0.39 is 0 Å². The molecule has 0 atom stereocenters. The van der Waals surface area contributed by atoms with Gasteiger partial charge in [0.15, 0.2) is 16.8 Å². The molecular weight excluding hydrogens is 464 g/mol. The lowest BCUT2D eigenvalue weighted by atomic mass is 10.1. The average molecular weight is 481 g/mol. The number of hydrogen-bond acceptors (Lipinski definition) is 6. The van der Waals surface area contributed by atoms with Gasteiger partial charge in [0.05, 0.1) is 12.9 Å².